The monoisotopic (exact) mass is 660 g/mol. The zero-order chi connectivity index (χ0) is 34.3. The number of nitrogens with two attached hydrogens (primary N) is 2. The summed E-state index contributed by atoms with van der Waals surface area (Å²) in [6.07, 6.45) is 7.05. The molecule has 2 fully saturated rings. The van der Waals surface area contributed by atoms with Gasteiger partial charge in [0.15, 0.2) is 5.82 Å². The minimum Gasteiger partial charge on any atom is -0.475 e. The molecular formula is C37H42N9O3+. The lowest BCUT2D eigenvalue weighted by atomic mass is 9.78. The predicted octanol–water partition coefficient (Wildman–Crippen LogP) is 2.20. The number of benzene rings is 2. The van der Waals surface area contributed by atoms with Gasteiger partial charge in [-0.25, -0.2) is 9.97 Å². The van der Waals surface area contributed by atoms with Gasteiger partial charge in [-0.05, 0) is 62.1 Å². The summed E-state index contributed by atoms with van der Waals surface area (Å²) in [5.41, 5.74) is 12.4. The van der Waals surface area contributed by atoms with E-state index in [-0.39, 0.29) is 17.9 Å². The Morgan fingerprint density at radius 2 is 1.82 bits per heavy atom. The summed E-state index contributed by atoms with van der Waals surface area (Å²) in [5, 5.41) is 10.9. The molecule has 0 unspecified atom stereocenters. The van der Waals surface area contributed by atoms with E-state index in [1.807, 2.05) is 61.0 Å². The van der Waals surface area contributed by atoms with Crippen molar-refractivity contribution in [2.24, 2.45) is 12.5 Å². The van der Waals surface area contributed by atoms with Crippen LogP contribution in [0.15, 0.2) is 73.2 Å². The molecule has 4 aromatic rings. The second kappa shape index (κ2) is 12.9. The van der Waals surface area contributed by atoms with E-state index < -0.39 is 5.41 Å². The van der Waals surface area contributed by atoms with Gasteiger partial charge in [-0.2, -0.15) is 5.10 Å². The molecule has 3 aliphatic rings. The van der Waals surface area contributed by atoms with Crippen molar-refractivity contribution in [1.29, 1.82) is 0 Å². The molecule has 4 N–H and O–H groups in total. The molecule has 12 nitrogen and oxygen atoms in total. The lowest BCUT2D eigenvalue weighted by molar-refractivity contribution is -0.142. The molecular weight excluding hydrogens is 618 g/mol. The van der Waals surface area contributed by atoms with Gasteiger partial charge < -0.3 is 20.3 Å². The maximum absolute atomic E-state index is 13.8. The van der Waals surface area contributed by atoms with Crippen LogP contribution in [0, 0.1) is 5.41 Å². The van der Waals surface area contributed by atoms with Crippen LogP contribution in [0.2, 0.25) is 0 Å². The Morgan fingerprint density at radius 1 is 1.04 bits per heavy atom. The molecule has 0 bridgehead atoms. The molecule has 2 saturated heterocycles. The van der Waals surface area contributed by atoms with Gasteiger partial charge in [-0.3, -0.25) is 24.6 Å². The third kappa shape index (κ3) is 6.43. The first-order chi connectivity index (χ1) is 23.6. The SMILES string of the molecule is CC(C)Oc1ccc(C(=[NH2+])c2cc(N3CCC4(CN(CC(=O)N5CC=C(c6ccc(-c7ncn(C)n7)cc6)CC5)C4)C3=O)ccc2N)cn1. The number of anilines is 2. The number of carbonyl (C=O) groups is 2. The van der Waals surface area contributed by atoms with E-state index in [1.165, 1.54) is 5.57 Å². The minimum absolute atomic E-state index is 0.0183. The summed E-state index contributed by atoms with van der Waals surface area (Å²) < 4.78 is 7.34. The van der Waals surface area contributed by atoms with Gasteiger partial charge in [0, 0.05) is 69.0 Å². The van der Waals surface area contributed by atoms with Gasteiger partial charge in [0.05, 0.1) is 29.2 Å². The van der Waals surface area contributed by atoms with Crippen LogP contribution in [0.4, 0.5) is 11.4 Å². The number of hydrogen-bond acceptors (Lipinski definition) is 8. The molecule has 252 valence electrons. The Hall–Kier alpha value is -5.36. The molecule has 0 atom stereocenters. The molecule has 2 aromatic carbocycles. The van der Waals surface area contributed by atoms with E-state index in [0.717, 1.165) is 35.2 Å². The van der Waals surface area contributed by atoms with Gasteiger partial charge in [0.25, 0.3) is 0 Å². The van der Waals surface area contributed by atoms with Crippen molar-refractivity contribution in [3.8, 4) is 17.3 Å². The third-order valence-corrected chi connectivity index (χ3v) is 9.64. The normalized spacial score (nSPS) is 17.4. The predicted molar refractivity (Wildman–Crippen MR) is 187 cm³/mol. The van der Waals surface area contributed by atoms with Gasteiger partial charge in [0.2, 0.25) is 23.4 Å². The Morgan fingerprint density at radius 3 is 2.47 bits per heavy atom. The number of pyridine rings is 1. The minimum atomic E-state index is -0.473. The third-order valence-electron chi connectivity index (χ3n) is 9.64. The van der Waals surface area contributed by atoms with Gasteiger partial charge in [-0.15, -0.1) is 0 Å². The Labute approximate surface area is 285 Å². The van der Waals surface area contributed by atoms with Crippen LogP contribution >= 0.6 is 0 Å². The highest BCUT2D eigenvalue weighted by Gasteiger charge is 2.55. The highest BCUT2D eigenvalue weighted by molar-refractivity contribution is 6.13. The first kappa shape index (κ1) is 32.2. The van der Waals surface area contributed by atoms with Gasteiger partial charge in [-0.1, -0.05) is 30.3 Å². The van der Waals surface area contributed by atoms with Crippen LogP contribution in [-0.4, -0.2) is 92.4 Å². The molecule has 7 rings (SSSR count). The Balaban J connectivity index is 0.930. The largest absolute Gasteiger partial charge is 0.475 e. The number of ether oxygens (including phenoxy) is 1. The van der Waals surface area contributed by atoms with Crippen molar-refractivity contribution in [3.63, 3.8) is 0 Å². The molecule has 3 aliphatic heterocycles. The topological polar surface area (TPSA) is 148 Å². The maximum atomic E-state index is 13.8. The molecule has 0 aliphatic carbocycles. The quantitative estimate of drug-likeness (QED) is 0.205. The smallest absolute Gasteiger partial charge is 0.237 e. The van der Waals surface area contributed by atoms with Crippen LogP contribution in [0.1, 0.15) is 43.4 Å². The summed E-state index contributed by atoms with van der Waals surface area (Å²) in [5.74, 6) is 1.40. The second-order valence-electron chi connectivity index (χ2n) is 13.5. The van der Waals surface area contributed by atoms with E-state index in [1.54, 1.807) is 29.3 Å². The second-order valence-corrected chi connectivity index (χ2v) is 13.5. The molecule has 12 heteroatoms. The molecule has 2 amide bonds. The average Bonchev–Trinajstić information content (AvgIpc) is 3.68. The zero-order valence-electron chi connectivity index (χ0n) is 28.2. The van der Waals surface area contributed by atoms with Crippen molar-refractivity contribution in [3.05, 3.63) is 89.9 Å². The molecule has 0 radical (unpaired) electrons. The number of rotatable bonds is 9. The van der Waals surface area contributed by atoms with Crippen molar-refractivity contribution in [2.45, 2.75) is 32.8 Å². The summed E-state index contributed by atoms with van der Waals surface area (Å²) in [6, 6.07) is 17.4. The van der Waals surface area contributed by atoms with Crippen LogP contribution in [0.25, 0.3) is 17.0 Å². The number of nitrogen functional groups attached to an aromatic ring is 1. The van der Waals surface area contributed by atoms with Crippen LogP contribution < -0.4 is 20.8 Å². The van der Waals surface area contributed by atoms with E-state index >= 15 is 0 Å². The fourth-order valence-electron chi connectivity index (χ4n) is 6.99. The first-order valence-corrected chi connectivity index (χ1v) is 16.7. The number of aryl methyl sites for hydroxylation is 1. The van der Waals surface area contributed by atoms with E-state index in [0.29, 0.717) is 67.9 Å². The summed E-state index contributed by atoms with van der Waals surface area (Å²) in [7, 11) is 1.85. The number of nitrogens with zero attached hydrogens (tertiary/aromatic N) is 7. The first-order valence-electron chi connectivity index (χ1n) is 16.7. The van der Waals surface area contributed by atoms with Crippen molar-refractivity contribution in [2.75, 3.05) is 49.9 Å². The Bertz CT molecular complexity index is 1930. The maximum Gasteiger partial charge on any atom is 0.237 e. The highest BCUT2D eigenvalue weighted by atomic mass is 16.5. The standard InChI is InChI=1S/C37H41N9O3/c1-24(2)49-32-11-8-28(19-40-32)34(39)30-18-29(9-10-31(30)38)46-17-14-37(36(46)48)21-44(22-37)20-33(47)45-15-12-26(13-16-45)25-4-6-27(7-5-25)35-41-23-43(3)42-35/h4-12,18-19,23-24,39H,13-17,20-22,38H2,1-3H3/p+1. The van der Waals surface area contributed by atoms with Gasteiger partial charge >= 0.3 is 0 Å². The number of likely N-dealkylation sites (tertiary alicyclic amines) is 1. The number of aromatic nitrogens is 4. The highest BCUT2D eigenvalue weighted by Crippen LogP contribution is 2.43. The number of amides is 2. The fraction of sp³-hybridized carbons (Fsp3) is 0.351. The zero-order valence-corrected chi connectivity index (χ0v) is 28.2. The fourth-order valence-corrected chi connectivity index (χ4v) is 6.99. The number of carbonyl (C=O) groups excluding carboxylic acids is 2. The summed E-state index contributed by atoms with van der Waals surface area (Å²) in [4.78, 5) is 41.5. The summed E-state index contributed by atoms with van der Waals surface area (Å²) in [6.45, 7) is 7.21. The van der Waals surface area contributed by atoms with Gasteiger partial charge in [0.1, 0.15) is 6.33 Å². The molecule has 1 spiro atoms. The molecule has 5 heterocycles. The molecule has 2 aromatic heterocycles. The van der Waals surface area contributed by atoms with E-state index in [9.17, 15) is 9.59 Å². The molecule has 0 saturated carbocycles. The van der Waals surface area contributed by atoms with Crippen LogP contribution in [0.5, 0.6) is 5.88 Å². The summed E-state index contributed by atoms with van der Waals surface area (Å²) >= 11 is 0. The average molecular weight is 661 g/mol. The lowest BCUT2D eigenvalue weighted by Crippen LogP contribution is -2.61. The van der Waals surface area contributed by atoms with Crippen molar-refractivity contribution in [1.82, 2.24) is 29.5 Å². The van der Waals surface area contributed by atoms with Crippen molar-refractivity contribution < 1.29 is 19.7 Å². The van der Waals surface area contributed by atoms with Crippen LogP contribution in [-0.2, 0) is 16.6 Å². The van der Waals surface area contributed by atoms with Crippen LogP contribution in [0.3, 0.4) is 0 Å². The Kier molecular flexibility index (Phi) is 8.49. The van der Waals surface area contributed by atoms with Crippen molar-refractivity contribution >= 4 is 34.5 Å². The lowest BCUT2D eigenvalue weighted by Gasteiger charge is -2.46. The van der Waals surface area contributed by atoms with E-state index in [2.05, 4.69) is 38.2 Å². The van der Waals surface area contributed by atoms with E-state index in [4.69, 9.17) is 15.9 Å². The number of hydrogen-bond donors (Lipinski definition) is 2. The molecule has 49 heavy (non-hydrogen) atoms.